The summed E-state index contributed by atoms with van der Waals surface area (Å²) in [7, 11) is 1.52. The van der Waals surface area contributed by atoms with Crippen LogP contribution in [0.2, 0.25) is 0 Å². The van der Waals surface area contributed by atoms with Gasteiger partial charge in [-0.1, -0.05) is 6.92 Å². The lowest BCUT2D eigenvalue weighted by atomic mass is 9.91. The van der Waals surface area contributed by atoms with Crippen LogP contribution in [0, 0.1) is 5.41 Å². The maximum atomic E-state index is 12.3. The fourth-order valence-electron chi connectivity index (χ4n) is 2.19. The number of nitrogens with zero attached hydrogens (tertiary/aromatic N) is 1. The molecule has 0 aromatic heterocycles. The highest BCUT2D eigenvalue weighted by molar-refractivity contribution is 6.17. The zero-order chi connectivity index (χ0) is 15.9. The molecule has 1 fully saturated rings. The van der Waals surface area contributed by atoms with E-state index >= 15 is 0 Å². The van der Waals surface area contributed by atoms with Gasteiger partial charge in [0.1, 0.15) is 5.84 Å². The predicted molar refractivity (Wildman–Crippen MR) is 83.2 cm³/mol. The van der Waals surface area contributed by atoms with Gasteiger partial charge in [0.2, 0.25) is 0 Å². The summed E-state index contributed by atoms with van der Waals surface area (Å²) in [5.74, 6) is 0.102. The van der Waals surface area contributed by atoms with E-state index in [9.17, 15) is 4.79 Å². The summed E-state index contributed by atoms with van der Waals surface area (Å²) >= 11 is 5.72. The number of allylic oxidation sites excluding steroid dienone is 1. The summed E-state index contributed by atoms with van der Waals surface area (Å²) in [5, 5.41) is 10.8. The fourth-order valence-corrected chi connectivity index (χ4v) is 2.35. The number of alkyl halides is 1. The van der Waals surface area contributed by atoms with Gasteiger partial charge in [-0.25, -0.2) is 4.99 Å². The van der Waals surface area contributed by atoms with Crippen LogP contribution in [0.3, 0.4) is 0 Å². The maximum absolute atomic E-state index is 12.3. The first-order valence-corrected chi connectivity index (χ1v) is 7.31. The topological polar surface area (TPSA) is 83.8 Å². The van der Waals surface area contributed by atoms with Crippen LogP contribution in [0.1, 0.15) is 26.2 Å². The molecule has 0 atom stereocenters. The summed E-state index contributed by atoms with van der Waals surface area (Å²) in [6.07, 6.45) is 1.37. The molecule has 1 aliphatic rings. The molecule has 0 unspecified atom stereocenters. The molecule has 1 rings (SSSR count). The van der Waals surface area contributed by atoms with Gasteiger partial charge >= 0.3 is 0 Å². The zero-order valence-electron chi connectivity index (χ0n) is 12.5. The fraction of sp³-hybridized carbons (Fsp3) is 0.643. The number of ether oxygens (including phenoxy) is 2. The smallest absolute Gasteiger partial charge is 0.172 e. The second kappa shape index (κ2) is 8.26. The van der Waals surface area contributed by atoms with Crippen LogP contribution in [0.25, 0.3) is 0 Å². The number of hydrogen-bond acceptors (Lipinski definition) is 5. The number of ketones is 1. The van der Waals surface area contributed by atoms with Gasteiger partial charge < -0.3 is 14.8 Å². The van der Waals surface area contributed by atoms with Crippen LogP contribution < -0.4 is 5.32 Å². The number of hydrogen-bond donors (Lipinski definition) is 2. The Hall–Kier alpha value is -1.24. The molecule has 2 N–H and O–H groups in total. The third kappa shape index (κ3) is 4.12. The number of aliphatic imine (C=N–C) groups is 1. The number of halogens is 1. The van der Waals surface area contributed by atoms with Crippen molar-refractivity contribution in [1.29, 1.82) is 5.41 Å². The number of carbonyl (C=O) groups excluding carboxylic acids is 1. The molecule has 0 radical (unpaired) electrons. The molecule has 6 nitrogen and oxygen atoms in total. The van der Waals surface area contributed by atoms with Crippen molar-refractivity contribution in [2.24, 2.45) is 4.99 Å². The van der Waals surface area contributed by atoms with Crippen LogP contribution >= 0.6 is 11.6 Å². The molecule has 7 heteroatoms. The van der Waals surface area contributed by atoms with Gasteiger partial charge in [-0.3, -0.25) is 10.2 Å². The number of carbonyl (C=O) groups is 1. The van der Waals surface area contributed by atoms with Crippen molar-refractivity contribution < 1.29 is 14.3 Å². The summed E-state index contributed by atoms with van der Waals surface area (Å²) < 4.78 is 10.4. The Balaban J connectivity index is 2.79. The largest absolute Gasteiger partial charge is 0.375 e. The Bertz CT molecular complexity index is 439. The minimum Gasteiger partial charge on any atom is -0.375 e. The first kappa shape index (κ1) is 17.8. The molecule has 0 aliphatic carbocycles. The number of Topliss-reactive ketones (excluding diaryl/α,β-unsaturated/α-hetero) is 1. The van der Waals surface area contributed by atoms with Gasteiger partial charge in [0.25, 0.3) is 0 Å². The minimum atomic E-state index is -0.803. The van der Waals surface area contributed by atoms with Crippen molar-refractivity contribution >= 4 is 29.9 Å². The lowest BCUT2D eigenvalue weighted by Crippen LogP contribution is -2.57. The first-order chi connectivity index (χ1) is 10.0. The highest BCUT2D eigenvalue weighted by atomic mass is 35.5. The SMILES string of the molecule is C=NC(=N)/C(CC)=C(/CCC(=O)C1(OC)COC1)NCCl. The second-order valence-electron chi connectivity index (χ2n) is 4.74. The molecule has 1 aliphatic heterocycles. The van der Waals surface area contributed by atoms with E-state index < -0.39 is 5.60 Å². The summed E-state index contributed by atoms with van der Waals surface area (Å²) in [4.78, 5) is 15.9. The van der Waals surface area contributed by atoms with E-state index in [4.69, 9.17) is 26.5 Å². The normalized spacial score (nSPS) is 17.5. The van der Waals surface area contributed by atoms with E-state index in [1.165, 1.54) is 7.11 Å². The van der Waals surface area contributed by atoms with Crippen molar-refractivity contribution in [1.82, 2.24) is 5.32 Å². The van der Waals surface area contributed by atoms with E-state index in [1.54, 1.807) is 0 Å². The Morgan fingerprint density at radius 1 is 1.52 bits per heavy atom. The molecule has 1 heterocycles. The lowest BCUT2D eigenvalue weighted by Gasteiger charge is -2.38. The molecule has 0 aromatic rings. The zero-order valence-corrected chi connectivity index (χ0v) is 13.3. The molecule has 118 valence electrons. The molecule has 0 amide bonds. The van der Waals surface area contributed by atoms with E-state index in [0.717, 1.165) is 11.3 Å². The Labute approximate surface area is 130 Å². The van der Waals surface area contributed by atoms with E-state index in [-0.39, 0.29) is 17.6 Å². The van der Waals surface area contributed by atoms with Gasteiger partial charge in [0, 0.05) is 24.8 Å². The van der Waals surface area contributed by atoms with Crippen LogP contribution in [-0.4, -0.2) is 50.3 Å². The van der Waals surface area contributed by atoms with Crippen LogP contribution in [0.15, 0.2) is 16.3 Å². The van der Waals surface area contributed by atoms with Crippen LogP contribution in [-0.2, 0) is 14.3 Å². The summed E-state index contributed by atoms with van der Waals surface area (Å²) in [6.45, 7) is 5.89. The minimum absolute atomic E-state index is 0.00123. The Kier molecular flexibility index (Phi) is 7.01. The van der Waals surface area contributed by atoms with E-state index in [2.05, 4.69) is 17.0 Å². The third-order valence-electron chi connectivity index (χ3n) is 3.61. The monoisotopic (exact) mass is 315 g/mol. The predicted octanol–water partition coefficient (Wildman–Crippen LogP) is 1.88. The van der Waals surface area contributed by atoms with E-state index in [1.807, 2.05) is 6.92 Å². The van der Waals surface area contributed by atoms with Gasteiger partial charge in [-0.2, -0.15) is 0 Å². The average Bonchev–Trinajstić information content (AvgIpc) is 2.44. The molecule has 0 spiro atoms. The number of rotatable bonds is 9. The first-order valence-electron chi connectivity index (χ1n) is 6.78. The van der Waals surface area contributed by atoms with Gasteiger partial charge in [0.05, 0.1) is 19.2 Å². The lowest BCUT2D eigenvalue weighted by molar-refractivity contribution is -0.199. The van der Waals surface area contributed by atoms with Crippen molar-refractivity contribution in [2.45, 2.75) is 31.8 Å². The highest BCUT2D eigenvalue weighted by Crippen LogP contribution is 2.25. The average molecular weight is 316 g/mol. The molecule has 0 saturated carbocycles. The molecular formula is C14H22ClN3O3. The van der Waals surface area contributed by atoms with Crippen molar-refractivity contribution in [3.8, 4) is 0 Å². The van der Waals surface area contributed by atoms with E-state index in [0.29, 0.717) is 32.5 Å². The Morgan fingerprint density at radius 3 is 2.57 bits per heavy atom. The molecular weight excluding hydrogens is 294 g/mol. The van der Waals surface area contributed by atoms with Crippen LogP contribution in [0.4, 0.5) is 0 Å². The van der Waals surface area contributed by atoms with Gasteiger partial charge in [0.15, 0.2) is 11.4 Å². The van der Waals surface area contributed by atoms with Crippen LogP contribution in [0.5, 0.6) is 0 Å². The third-order valence-corrected chi connectivity index (χ3v) is 3.75. The maximum Gasteiger partial charge on any atom is 0.172 e. The standard InChI is InChI=1S/C14H22ClN3O3/c1-4-10(13(16)17-2)11(18-9-15)5-6-12(19)14(20-3)7-21-8-14/h16,18H,2,4-9H2,1,3H3/b11-10-,16-13?. The van der Waals surface area contributed by atoms with Gasteiger partial charge in [-0.05, 0) is 19.6 Å². The summed E-state index contributed by atoms with van der Waals surface area (Å²) in [5.41, 5.74) is 0.669. The Morgan fingerprint density at radius 2 is 2.19 bits per heavy atom. The molecule has 0 aromatic carbocycles. The van der Waals surface area contributed by atoms with Crippen molar-refractivity contribution in [2.75, 3.05) is 26.3 Å². The number of nitrogens with one attached hydrogen (secondary N) is 2. The van der Waals surface area contributed by atoms with Gasteiger partial charge in [-0.15, -0.1) is 11.6 Å². The van der Waals surface area contributed by atoms with Crippen molar-refractivity contribution in [3.05, 3.63) is 11.3 Å². The molecule has 0 bridgehead atoms. The quantitative estimate of drug-likeness (QED) is 0.294. The summed E-state index contributed by atoms with van der Waals surface area (Å²) in [6, 6.07) is 0.204. The number of amidine groups is 1. The highest BCUT2D eigenvalue weighted by Gasteiger charge is 2.45. The van der Waals surface area contributed by atoms with Crippen molar-refractivity contribution in [3.63, 3.8) is 0 Å². The number of methoxy groups -OCH3 is 1. The molecule has 21 heavy (non-hydrogen) atoms. The molecule has 1 saturated heterocycles. The second-order valence-corrected chi connectivity index (χ2v) is 5.01.